The maximum absolute atomic E-state index is 11.6. The van der Waals surface area contributed by atoms with Crippen molar-refractivity contribution in [1.29, 1.82) is 0 Å². The number of nitrogens with zero attached hydrogens (tertiary/aromatic N) is 2. The average molecular weight is 293 g/mol. The summed E-state index contributed by atoms with van der Waals surface area (Å²) in [6, 6.07) is 9.43. The lowest BCUT2D eigenvalue weighted by Gasteiger charge is -2.09. The number of anilines is 1. The Labute approximate surface area is 120 Å². The Hall–Kier alpha value is -1.86. The van der Waals surface area contributed by atoms with Crippen molar-refractivity contribution in [3.8, 4) is 0 Å². The largest absolute Gasteiger partial charge is 0.388 e. The number of nitrogens with one attached hydrogen (secondary N) is 1. The van der Waals surface area contributed by atoms with Gasteiger partial charge in [0.25, 0.3) is 0 Å². The molecule has 106 valence electrons. The van der Waals surface area contributed by atoms with Gasteiger partial charge in [0.15, 0.2) is 5.82 Å². The highest BCUT2D eigenvalue weighted by atomic mass is 32.2. The van der Waals surface area contributed by atoms with Gasteiger partial charge >= 0.3 is 6.01 Å². The standard InChI is InChI=1S/C13H15N3O3S/c1-9-14-13(19-16-9)15-12(18)8-20-7-11(17)10-5-3-2-4-6-10/h2-6,11,17H,7-8H2,1H3,(H,14,15,16,18). The van der Waals surface area contributed by atoms with Crippen molar-refractivity contribution < 1.29 is 14.4 Å². The van der Waals surface area contributed by atoms with E-state index < -0.39 is 6.10 Å². The van der Waals surface area contributed by atoms with Gasteiger partial charge in [-0.2, -0.15) is 4.98 Å². The van der Waals surface area contributed by atoms with Gasteiger partial charge in [0.05, 0.1) is 11.9 Å². The van der Waals surface area contributed by atoms with Crippen LogP contribution in [0.15, 0.2) is 34.9 Å². The summed E-state index contributed by atoms with van der Waals surface area (Å²) in [6.45, 7) is 1.67. The van der Waals surface area contributed by atoms with E-state index in [1.807, 2.05) is 30.3 Å². The molecule has 20 heavy (non-hydrogen) atoms. The molecule has 2 rings (SSSR count). The Morgan fingerprint density at radius 2 is 2.20 bits per heavy atom. The highest BCUT2D eigenvalue weighted by molar-refractivity contribution is 7.99. The van der Waals surface area contributed by atoms with E-state index >= 15 is 0 Å². The van der Waals surface area contributed by atoms with Crippen molar-refractivity contribution >= 4 is 23.7 Å². The van der Waals surface area contributed by atoms with Gasteiger partial charge in [-0.25, -0.2) is 0 Å². The van der Waals surface area contributed by atoms with E-state index in [0.29, 0.717) is 11.6 Å². The van der Waals surface area contributed by atoms with Gasteiger partial charge in [0.1, 0.15) is 0 Å². The first-order valence-corrected chi connectivity index (χ1v) is 7.21. The predicted molar refractivity (Wildman–Crippen MR) is 76.4 cm³/mol. The van der Waals surface area contributed by atoms with Crippen molar-refractivity contribution in [2.75, 3.05) is 16.8 Å². The molecule has 2 N–H and O–H groups in total. The first-order valence-electron chi connectivity index (χ1n) is 6.06. The number of hydrogen-bond acceptors (Lipinski definition) is 6. The molecular weight excluding hydrogens is 278 g/mol. The Kier molecular flexibility index (Phi) is 5.14. The van der Waals surface area contributed by atoms with Gasteiger partial charge in [-0.1, -0.05) is 35.5 Å². The average Bonchev–Trinajstić information content (AvgIpc) is 2.85. The number of rotatable bonds is 6. The molecule has 0 saturated heterocycles. The van der Waals surface area contributed by atoms with Crippen LogP contribution in [0.3, 0.4) is 0 Å². The predicted octanol–water partition coefficient (Wildman–Crippen LogP) is 1.78. The molecule has 0 aliphatic heterocycles. The van der Waals surface area contributed by atoms with Crippen LogP contribution < -0.4 is 5.32 Å². The minimum Gasteiger partial charge on any atom is -0.388 e. The van der Waals surface area contributed by atoms with Crippen LogP contribution in [0.5, 0.6) is 0 Å². The van der Waals surface area contributed by atoms with E-state index in [1.165, 1.54) is 11.8 Å². The Morgan fingerprint density at radius 3 is 2.85 bits per heavy atom. The van der Waals surface area contributed by atoms with Gasteiger partial charge < -0.3 is 9.63 Å². The summed E-state index contributed by atoms with van der Waals surface area (Å²) in [5, 5.41) is 16.0. The molecule has 7 heteroatoms. The fourth-order valence-electron chi connectivity index (χ4n) is 1.54. The molecule has 1 aromatic heterocycles. The summed E-state index contributed by atoms with van der Waals surface area (Å²) in [4.78, 5) is 15.5. The summed E-state index contributed by atoms with van der Waals surface area (Å²) in [6.07, 6.45) is -0.584. The number of amides is 1. The van der Waals surface area contributed by atoms with Crippen LogP contribution in [0.2, 0.25) is 0 Å². The Bertz CT molecular complexity index is 559. The fourth-order valence-corrected chi connectivity index (χ4v) is 2.33. The van der Waals surface area contributed by atoms with Crippen molar-refractivity contribution in [3.63, 3.8) is 0 Å². The fraction of sp³-hybridized carbons (Fsp3) is 0.308. The smallest absolute Gasteiger partial charge is 0.328 e. The first-order chi connectivity index (χ1) is 9.65. The van der Waals surface area contributed by atoms with Gasteiger partial charge in [0, 0.05) is 5.75 Å². The molecule has 0 radical (unpaired) electrons. The van der Waals surface area contributed by atoms with Crippen molar-refractivity contribution in [3.05, 3.63) is 41.7 Å². The molecule has 0 fully saturated rings. The second kappa shape index (κ2) is 7.06. The van der Waals surface area contributed by atoms with E-state index in [1.54, 1.807) is 6.92 Å². The van der Waals surface area contributed by atoms with Crippen molar-refractivity contribution in [2.45, 2.75) is 13.0 Å². The van der Waals surface area contributed by atoms with Crippen LogP contribution in [-0.2, 0) is 4.79 Å². The number of thioether (sulfide) groups is 1. The zero-order valence-electron chi connectivity index (χ0n) is 10.9. The summed E-state index contributed by atoms with van der Waals surface area (Å²) >= 11 is 1.34. The molecule has 1 unspecified atom stereocenters. The minimum absolute atomic E-state index is 0.0942. The molecule has 0 aliphatic carbocycles. The molecular formula is C13H15N3O3S. The second-order valence-electron chi connectivity index (χ2n) is 4.14. The third-order valence-corrected chi connectivity index (χ3v) is 3.48. The van der Waals surface area contributed by atoms with E-state index in [9.17, 15) is 9.90 Å². The molecule has 6 nitrogen and oxygen atoms in total. The van der Waals surface area contributed by atoms with Gasteiger partial charge in [-0.05, 0) is 12.5 Å². The number of aryl methyl sites for hydroxylation is 1. The van der Waals surface area contributed by atoms with E-state index in [4.69, 9.17) is 4.52 Å². The highest BCUT2D eigenvalue weighted by Crippen LogP contribution is 2.17. The first kappa shape index (κ1) is 14.5. The Balaban J connectivity index is 1.71. The number of benzene rings is 1. The monoisotopic (exact) mass is 293 g/mol. The van der Waals surface area contributed by atoms with Crippen LogP contribution in [0.25, 0.3) is 0 Å². The van der Waals surface area contributed by atoms with E-state index in [-0.39, 0.29) is 17.7 Å². The van der Waals surface area contributed by atoms with Gasteiger partial charge in [-0.3, -0.25) is 10.1 Å². The molecule has 1 amide bonds. The molecule has 0 saturated carbocycles. The van der Waals surface area contributed by atoms with Crippen LogP contribution in [0.4, 0.5) is 6.01 Å². The van der Waals surface area contributed by atoms with Crippen LogP contribution >= 0.6 is 11.8 Å². The van der Waals surface area contributed by atoms with Crippen LogP contribution in [-0.4, -0.2) is 32.7 Å². The van der Waals surface area contributed by atoms with E-state index in [0.717, 1.165) is 5.56 Å². The molecule has 0 bridgehead atoms. The van der Waals surface area contributed by atoms with Gasteiger partial charge in [0.2, 0.25) is 5.91 Å². The van der Waals surface area contributed by atoms with Gasteiger partial charge in [-0.15, -0.1) is 11.8 Å². The third kappa shape index (κ3) is 4.36. The maximum Gasteiger partial charge on any atom is 0.328 e. The van der Waals surface area contributed by atoms with Crippen LogP contribution in [0.1, 0.15) is 17.5 Å². The zero-order valence-corrected chi connectivity index (χ0v) is 11.8. The topological polar surface area (TPSA) is 88.2 Å². The minimum atomic E-state index is -0.584. The summed E-state index contributed by atoms with van der Waals surface area (Å²) < 4.78 is 4.78. The number of aliphatic hydroxyl groups excluding tert-OH is 1. The Morgan fingerprint density at radius 1 is 1.45 bits per heavy atom. The molecule has 2 aromatic rings. The number of aromatic nitrogens is 2. The number of hydrogen-bond donors (Lipinski definition) is 2. The number of carbonyl (C=O) groups excluding carboxylic acids is 1. The normalized spacial score (nSPS) is 12.1. The quantitative estimate of drug-likeness (QED) is 0.844. The maximum atomic E-state index is 11.6. The summed E-state index contributed by atoms with van der Waals surface area (Å²) in [7, 11) is 0. The lowest BCUT2D eigenvalue weighted by Crippen LogP contribution is -2.15. The lowest BCUT2D eigenvalue weighted by atomic mass is 10.1. The molecule has 0 spiro atoms. The number of carbonyl (C=O) groups is 1. The highest BCUT2D eigenvalue weighted by Gasteiger charge is 2.11. The molecule has 1 atom stereocenters. The second-order valence-corrected chi connectivity index (χ2v) is 5.17. The van der Waals surface area contributed by atoms with E-state index in [2.05, 4.69) is 15.5 Å². The molecule has 0 aliphatic rings. The molecule has 1 heterocycles. The molecule has 1 aromatic carbocycles. The zero-order chi connectivity index (χ0) is 14.4. The van der Waals surface area contributed by atoms with Crippen molar-refractivity contribution in [2.24, 2.45) is 0 Å². The summed E-state index contributed by atoms with van der Waals surface area (Å²) in [5.74, 6) is 0.886. The number of aliphatic hydroxyl groups is 1. The lowest BCUT2D eigenvalue weighted by molar-refractivity contribution is -0.114. The summed E-state index contributed by atoms with van der Waals surface area (Å²) in [5.41, 5.74) is 0.841. The SMILES string of the molecule is Cc1noc(NC(=O)CSCC(O)c2ccccc2)n1. The van der Waals surface area contributed by atoms with Crippen LogP contribution in [0, 0.1) is 6.92 Å². The van der Waals surface area contributed by atoms with Crippen molar-refractivity contribution in [1.82, 2.24) is 10.1 Å². The third-order valence-electron chi connectivity index (χ3n) is 2.47.